The van der Waals surface area contributed by atoms with Crippen LogP contribution in [0.25, 0.3) is 11.4 Å². The second-order valence-corrected chi connectivity index (χ2v) is 8.34. The van der Waals surface area contributed by atoms with Crippen LogP contribution in [0.5, 0.6) is 0 Å². The Kier molecular flexibility index (Phi) is 7.10. The largest absolute Gasteiger partial charge is 0.352 e. The van der Waals surface area contributed by atoms with E-state index in [0.29, 0.717) is 12.6 Å². The summed E-state index contributed by atoms with van der Waals surface area (Å²) in [4.78, 5) is 12.7. The van der Waals surface area contributed by atoms with Crippen molar-refractivity contribution in [3.05, 3.63) is 43.0 Å². The highest BCUT2D eigenvalue weighted by Gasteiger charge is 2.23. The Hall–Kier alpha value is -2.08. The van der Waals surface area contributed by atoms with Gasteiger partial charge in [0.1, 0.15) is 0 Å². The lowest BCUT2D eigenvalue weighted by Gasteiger charge is -2.19. The standard InChI is InChI=1S/C21H28N4OS/c1-3-15-25-19(17-11-7-6-8-12-17)23-24-21(25)27-16(2)20(26)22-18-13-9-4-5-10-14-18/h3,6-8,11-12,16,18H,1,4-5,9-10,13-15H2,2H3,(H,22,26)/t16-/m1/s1. The van der Waals surface area contributed by atoms with Crippen LogP contribution in [0.3, 0.4) is 0 Å². The van der Waals surface area contributed by atoms with Crippen LogP contribution in [0.2, 0.25) is 0 Å². The maximum atomic E-state index is 12.7. The van der Waals surface area contributed by atoms with Gasteiger partial charge in [-0.05, 0) is 19.8 Å². The minimum atomic E-state index is -0.218. The van der Waals surface area contributed by atoms with Gasteiger partial charge >= 0.3 is 0 Å². The molecule has 0 saturated heterocycles. The van der Waals surface area contributed by atoms with Crippen LogP contribution < -0.4 is 5.32 Å². The summed E-state index contributed by atoms with van der Waals surface area (Å²) in [5.41, 5.74) is 1.01. The van der Waals surface area contributed by atoms with E-state index in [1.165, 1.54) is 37.4 Å². The first kappa shape index (κ1) is 19.7. The van der Waals surface area contributed by atoms with Gasteiger partial charge in [-0.15, -0.1) is 16.8 Å². The summed E-state index contributed by atoms with van der Waals surface area (Å²) >= 11 is 1.46. The number of benzene rings is 1. The highest BCUT2D eigenvalue weighted by atomic mass is 32.2. The first-order chi connectivity index (χ1) is 13.2. The van der Waals surface area contributed by atoms with Crippen LogP contribution in [0.4, 0.5) is 0 Å². The second-order valence-electron chi connectivity index (χ2n) is 7.03. The third-order valence-corrected chi connectivity index (χ3v) is 5.99. The Morgan fingerprint density at radius 3 is 2.63 bits per heavy atom. The molecule has 2 aromatic rings. The summed E-state index contributed by atoms with van der Waals surface area (Å²) in [6.07, 6.45) is 8.99. The van der Waals surface area contributed by atoms with Gasteiger partial charge in [0.25, 0.3) is 0 Å². The van der Waals surface area contributed by atoms with Crippen molar-refractivity contribution in [1.29, 1.82) is 0 Å². The molecule has 1 aromatic heterocycles. The van der Waals surface area contributed by atoms with Crippen molar-refractivity contribution < 1.29 is 4.79 Å². The van der Waals surface area contributed by atoms with Crippen molar-refractivity contribution in [3.63, 3.8) is 0 Å². The van der Waals surface area contributed by atoms with Crippen LogP contribution in [0, 0.1) is 0 Å². The van der Waals surface area contributed by atoms with Gasteiger partial charge in [-0.3, -0.25) is 9.36 Å². The SMILES string of the molecule is C=CCn1c(S[C@H](C)C(=O)NC2CCCCCC2)nnc1-c1ccccc1. The van der Waals surface area contributed by atoms with Crippen molar-refractivity contribution in [2.24, 2.45) is 0 Å². The lowest BCUT2D eigenvalue weighted by atomic mass is 10.1. The minimum absolute atomic E-state index is 0.0846. The number of hydrogen-bond donors (Lipinski definition) is 1. The average Bonchev–Trinajstić information content (AvgIpc) is 2.89. The van der Waals surface area contributed by atoms with E-state index in [1.54, 1.807) is 0 Å². The van der Waals surface area contributed by atoms with E-state index in [4.69, 9.17) is 0 Å². The number of hydrogen-bond acceptors (Lipinski definition) is 4. The molecular formula is C21H28N4OS. The molecule has 6 heteroatoms. The van der Waals surface area contributed by atoms with E-state index in [9.17, 15) is 4.79 Å². The molecule has 0 unspecified atom stereocenters. The number of thioether (sulfide) groups is 1. The van der Waals surface area contributed by atoms with Gasteiger partial charge in [-0.2, -0.15) is 0 Å². The third kappa shape index (κ3) is 5.22. The van der Waals surface area contributed by atoms with E-state index < -0.39 is 0 Å². The van der Waals surface area contributed by atoms with Crippen molar-refractivity contribution in [2.75, 3.05) is 0 Å². The fraction of sp³-hybridized carbons (Fsp3) is 0.476. The van der Waals surface area contributed by atoms with Crippen LogP contribution in [0.15, 0.2) is 48.1 Å². The molecule has 0 radical (unpaired) electrons. The summed E-state index contributed by atoms with van der Waals surface area (Å²) in [6, 6.07) is 10.3. The Balaban J connectivity index is 1.69. The first-order valence-corrected chi connectivity index (χ1v) is 10.6. The van der Waals surface area contributed by atoms with Crippen molar-refractivity contribution in [2.45, 2.75) is 68.4 Å². The van der Waals surface area contributed by atoms with Crippen LogP contribution in [0.1, 0.15) is 45.4 Å². The smallest absolute Gasteiger partial charge is 0.233 e. The summed E-state index contributed by atoms with van der Waals surface area (Å²) in [7, 11) is 0. The Labute approximate surface area is 165 Å². The average molecular weight is 385 g/mol. The fourth-order valence-corrected chi connectivity index (χ4v) is 4.29. The highest BCUT2D eigenvalue weighted by Crippen LogP contribution is 2.27. The molecule has 1 aliphatic rings. The predicted octanol–water partition coefficient (Wildman–Crippen LogP) is 4.45. The maximum Gasteiger partial charge on any atom is 0.233 e. The van der Waals surface area contributed by atoms with E-state index in [1.807, 2.05) is 47.9 Å². The number of allylic oxidation sites excluding steroid dienone is 1. The number of nitrogens with one attached hydrogen (secondary N) is 1. The molecule has 144 valence electrons. The Bertz CT molecular complexity index is 751. The minimum Gasteiger partial charge on any atom is -0.352 e. The van der Waals surface area contributed by atoms with Gasteiger partial charge in [-0.1, -0.05) is 73.9 Å². The summed E-state index contributed by atoms with van der Waals surface area (Å²) in [6.45, 7) is 6.39. The summed E-state index contributed by atoms with van der Waals surface area (Å²) in [5, 5.41) is 12.5. The van der Waals surface area contributed by atoms with Gasteiger partial charge in [0, 0.05) is 18.2 Å². The first-order valence-electron chi connectivity index (χ1n) is 9.75. The zero-order chi connectivity index (χ0) is 19.1. The molecule has 0 bridgehead atoms. The van der Waals surface area contributed by atoms with Gasteiger partial charge in [0.2, 0.25) is 5.91 Å². The van der Waals surface area contributed by atoms with Crippen molar-refractivity contribution >= 4 is 17.7 Å². The Morgan fingerprint density at radius 1 is 1.26 bits per heavy atom. The number of rotatable bonds is 7. The second kappa shape index (κ2) is 9.74. The molecule has 1 fully saturated rings. The molecule has 0 aliphatic heterocycles. The highest BCUT2D eigenvalue weighted by molar-refractivity contribution is 8.00. The lowest BCUT2D eigenvalue weighted by Crippen LogP contribution is -2.39. The lowest BCUT2D eigenvalue weighted by molar-refractivity contribution is -0.121. The van der Waals surface area contributed by atoms with Crippen LogP contribution in [-0.4, -0.2) is 32.0 Å². The zero-order valence-corrected chi connectivity index (χ0v) is 16.8. The topological polar surface area (TPSA) is 59.8 Å². The molecule has 1 atom stereocenters. The summed E-state index contributed by atoms with van der Waals surface area (Å²) < 4.78 is 2.02. The Morgan fingerprint density at radius 2 is 1.96 bits per heavy atom. The molecule has 1 aliphatic carbocycles. The van der Waals surface area contributed by atoms with E-state index >= 15 is 0 Å². The third-order valence-electron chi connectivity index (χ3n) is 4.91. The van der Waals surface area contributed by atoms with Crippen molar-refractivity contribution in [1.82, 2.24) is 20.1 Å². The van der Waals surface area contributed by atoms with Gasteiger partial charge in [-0.25, -0.2) is 0 Å². The molecule has 1 N–H and O–H groups in total. The van der Waals surface area contributed by atoms with Gasteiger partial charge in [0.15, 0.2) is 11.0 Å². The number of aromatic nitrogens is 3. The van der Waals surface area contributed by atoms with Crippen LogP contribution in [-0.2, 0) is 11.3 Å². The molecule has 5 nitrogen and oxygen atoms in total. The monoisotopic (exact) mass is 384 g/mol. The molecule has 1 amide bonds. The van der Waals surface area contributed by atoms with E-state index in [2.05, 4.69) is 22.1 Å². The molecular weight excluding hydrogens is 356 g/mol. The molecule has 1 saturated carbocycles. The normalized spacial score (nSPS) is 16.5. The number of carbonyl (C=O) groups is 1. The number of amides is 1. The molecule has 0 spiro atoms. The van der Waals surface area contributed by atoms with Crippen LogP contribution >= 0.6 is 11.8 Å². The number of carbonyl (C=O) groups excluding carboxylic acids is 1. The zero-order valence-electron chi connectivity index (χ0n) is 15.9. The van der Waals surface area contributed by atoms with Gasteiger partial charge in [0.05, 0.1) is 5.25 Å². The molecule has 1 heterocycles. The van der Waals surface area contributed by atoms with E-state index in [-0.39, 0.29) is 11.2 Å². The molecule has 1 aromatic carbocycles. The quantitative estimate of drug-likeness (QED) is 0.435. The summed E-state index contributed by atoms with van der Waals surface area (Å²) in [5.74, 6) is 0.885. The fourth-order valence-electron chi connectivity index (χ4n) is 3.42. The van der Waals surface area contributed by atoms with Gasteiger partial charge < -0.3 is 5.32 Å². The number of nitrogens with zero attached hydrogens (tertiary/aromatic N) is 3. The predicted molar refractivity (Wildman–Crippen MR) is 111 cm³/mol. The maximum absolute atomic E-state index is 12.7. The molecule has 3 rings (SSSR count). The van der Waals surface area contributed by atoms with E-state index in [0.717, 1.165) is 29.4 Å². The molecule has 27 heavy (non-hydrogen) atoms. The van der Waals surface area contributed by atoms with Crippen molar-refractivity contribution in [3.8, 4) is 11.4 Å².